The van der Waals surface area contributed by atoms with Crippen LogP contribution < -0.4 is 26.4 Å². The van der Waals surface area contributed by atoms with Gasteiger partial charge in [-0.1, -0.05) is 23.7 Å². The summed E-state index contributed by atoms with van der Waals surface area (Å²) in [5.41, 5.74) is -0.261. The molecule has 1 aliphatic rings. The smallest absolute Gasteiger partial charge is 0.426 e. The van der Waals surface area contributed by atoms with Gasteiger partial charge >= 0.3 is 18.4 Å². The highest BCUT2D eigenvalue weighted by Gasteiger charge is 2.53. The number of hydrogen-bond acceptors (Lipinski definition) is 8. The second-order valence-corrected chi connectivity index (χ2v) is 14.1. The Balaban J connectivity index is 1.90. The average molecular weight is 688 g/mol. The number of nitrogens with zero attached hydrogens (tertiary/aromatic N) is 1. The summed E-state index contributed by atoms with van der Waals surface area (Å²) in [5, 5.41) is 4.80. The molecule has 2 aromatic carbocycles. The number of alkyl halides is 3. The lowest BCUT2D eigenvalue weighted by Crippen LogP contribution is -2.69. The Morgan fingerprint density at radius 3 is 2.09 bits per heavy atom. The van der Waals surface area contributed by atoms with E-state index in [1.54, 1.807) is 56.4 Å². The van der Waals surface area contributed by atoms with Crippen LogP contribution in [0, 0.1) is 0 Å². The molecule has 4 amide bonds. The van der Waals surface area contributed by atoms with Crippen molar-refractivity contribution in [2.24, 2.45) is 0 Å². The molecule has 0 spiro atoms. The number of benzene rings is 2. The van der Waals surface area contributed by atoms with E-state index >= 15 is 0 Å². The van der Waals surface area contributed by atoms with Gasteiger partial charge in [-0.15, -0.1) is 11.8 Å². The Bertz CT molecular complexity index is 1460. The minimum atomic E-state index is -5.06. The Hall–Kier alpha value is -3.69. The molecule has 1 unspecified atom stereocenters. The van der Waals surface area contributed by atoms with E-state index in [0.717, 1.165) is 0 Å². The van der Waals surface area contributed by atoms with Crippen LogP contribution in [0.2, 0.25) is 5.02 Å². The fourth-order valence-corrected chi connectivity index (χ4v) is 5.15. The lowest BCUT2D eigenvalue weighted by molar-refractivity contribution is -0.202. The third-order valence-corrected chi connectivity index (χ3v) is 7.58. The molecule has 252 valence electrons. The maximum atomic E-state index is 14.0. The van der Waals surface area contributed by atoms with Crippen LogP contribution in [0.1, 0.15) is 64.4 Å². The summed E-state index contributed by atoms with van der Waals surface area (Å²) in [6.45, 7) is 10.2. The summed E-state index contributed by atoms with van der Waals surface area (Å²) in [6, 6.07) is 9.98. The van der Waals surface area contributed by atoms with Gasteiger partial charge < -0.3 is 19.7 Å². The minimum absolute atomic E-state index is 0.0192. The highest BCUT2D eigenvalue weighted by molar-refractivity contribution is 7.99. The zero-order valence-electron chi connectivity index (χ0n) is 26.3. The van der Waals surface area contributed by atoms with Crippen LogP contribution in [0.3, 0.4) is 0 Å². The number of carbonyl (C=O) groups is 4. The van der Waals surface area contributed by atoms with Crippen LogP contribution >= 0.6 is 23.4 Å². The number of hydrogen-bond donors (Lipinski definition) is 4. The number of hydrazine groups is 1. The maximum absolute atomic E-state index is 14.0. The molecular formula is C30H37ClF3N5O6S. The summed E-state index contributed by atoms with van der Waals surface area (Å²) >= 11 is 7.27. The summed E-state index contributed by atoms with van der Waals surface area (Å²) < 4.78 is 52.2. The normalized spacial score (nSPS) is 16.8. The number of halogens is 4. The molecule has 4 N–H and O–H groups in total. The molecule has 2 aromatic rings. The molecule has 0 saturated carbocycles. The maximum Gasteiger partial charge on any atom is 0.426 e. The molecule has 0 aromatic heterocycles. The quantitative estimate of drug-likeness (QED) is 0.208. The van der Waals surface area contributed by atoms with E-state index in [0.29, 0.717) is 22.4 Å². The molecule has 1 aliphatic heterocycles. The second-order valence-electron chi connectivity index (χ2n) is 12.6. The molecule has 2 atom stereocenters. The predicted octanol–water partition coefficient (Wildman–Crippen LogP) is 5.91. The van der Waals surface area contributed by atoms with Gasteiger partial charge in [0.2, 0.25) is 5.66 Å². The third kappa shape index (κ3) is 10.2. The zero-order valence-corrected chi connectivity index (χ0v) is 27.9. The van der Waals surface area contributed by atoms with Gasteiger partial charge in [0.1, 0.15) is 17.2 Å². The standard InChI is InChI=1S/C30H37ClF3N5O6S/c1-27(2,3)44-25(42)35-20-16-46-22-13-10-18(14-21(22)39(24(20)41)15-17-8-11-19(31)12-9-17)23(40)37-38-29(7,30(32,33)34)36-26(43)45-28(4,5)6/h8-14,20,38H,15-16H2,1-7H3,(H,35,42)(H,36,43)(H,37,40)/t20-,29?/m0/s1. The van der Waals surface area contributed by atoms with E-state index in [4.69, 9.17) is 21.1 Å². The molecule has 0 aliphatic carbocycles. The lowest BCUT2D eigenvalue weighted by atomic mass is 10.1. The second kappa shape index (κ2) is 14.0. The number of nitrogens with one attached hydrogen (secondary N) is 4. The number of carbonyl (C=O) groups excluding carboxylic acids is 4. The van der Waals surface area contributed by atoms with Crippen LogP contribution in [-0.2, 0) is 20.8 Å². The van der Waals surface area contributed by atoms with Crippen molar-refractivity contribution in [2.75, 3.05) is 10.7 Å². The molecule has 46 heavy (non-hydrogen) atoms. The van der Waals surface area contributed by atoms with Gasteiger partial charge in [-0.25, -0.2) is 15.0 Å². The van der Waals surface area contributed by atoms with Crippen LogP contribution in [0.15, 0.2) is 47.4 Å². The third-order valence-electron chi connectivity index (χ3n) is 6.17. The van der Waals surface area contributed by atoms with Crippen LogP contribution in [-0.4, -0.2) is 58.8 Å². The summed E-state index contributed by atoms with van der Waals surface area (Å²) in [7, 11) is 0. The van der Waals surface area contributed by atoms with Crippen LogP contribution in [0.25, 0.3) is 0 Å². The number of amides is 4. The fourth-order valence-electron chi connectivity index (χ4n) is 3.97. The van der Waals surface area contributed by atoms with Crippen molar-refractivity contribution in [1.29, 1.82) is 0 Å². The van der Waals surface area contributed by atoms with Gasteiger partial charge in [-0.3, -0.25) is 20.3 Å². The largest absolute Gasteiger partial charge is 0.444 e. The Labute approximate surface area is 274 Å². The molecule has 1 heterocycles. The Morgan fingerprint density at radius 1 is 0.935 bits per heavy atom. The first-order valence-corrected chi connectivity index (χ1v) is 15.4. The van der Waals surface area contributed by atoms with Gasteiger partial charge in [0.15, 0.2) is 0 Å². The van der Waals surface area contributed by atoms with Gasteiger partial charge in [-0.2, -0.15) is 13.2 Å². The summed E-state index contributed by atoms with van der Waals surface area (Å²) in [6.07, 6.45) is -7.20. The number of anilines is 1. The van der Waals surface area contributed by atoms with E-state index in [1.807, 2.05) is 10.9 Å². The van der Waals surface area contributed by atoms with Gasteiger partial charge in [-0.05, 0) is 84.4 Å². The highest BCUT2D eigenvalue weighted by atomic mass is 35.5. The molecule has 0 radical (unpaired) electrons. The average Bonchev–Trinajstić information content (AvgIpc) is 3.02. The van der Waals surface area contributed by atoms with Crippen LogP contribution in [0.5, 0.6) is 0 Å². The monoisotopic (exact) mass is 687 g/mol. The topological polar surface area (TPSA) is 138 Å². The van der Waals surface area contributed by atoms with Gasteiger partial charge in [0.25, 0.3) is 11.8 Å². The van der Waals surface area contributed by atoms with Crippen molar-refractivity contribution in [3.05, 3.63) is 58.6 Å². The first-order chi connectivity index (χ1) is 21.1. The molecular weight excluding hydrogens is 651 g/mol. The zero-order chi connectivity index (χ0) is 34.7. The number of thioether (sulfide) groups is 1. The summed E-state index contributed by atoms with van der Waals surface area (Å²) in [5.74, 6) is -1.36. The van der Waals surface area contributed by atoms with Crippen molar-refractivity contribution < 1.29 is 41.8 Å². The highest BCUT2D eigenvalue weighted by Crippen LogP contribution is 2.36. The predicted molar refractivity (Wildman–Crippen MR) is 167 cm³/mol. The summed E-state index contributed by atoms with van der Waals surface area (Å²) in [4.78, 5) is 53.7. The molecule has 11 nitrogen and oxygen atoms in total. The Kier molecular flexibility index (Phi) is 11.2. The van der Waals surface area contributed by atoms with Gasteiger partial charge in [0, 0.05) is 21.2 Å². The van der Waals surface area contributed by atoms with E-state index in [2.05, 4.69) is 5.32 Å². The van der Waals surface area contributed by atoms with Crippen LogP contribution in [0.4, 0.5) is 28.4 Å². The van der Waals surface area contributed by atoms with E-state index in [1.165, 1.54) is 49.6 Å². The SMILES string of the molecule is CC(C)(C)OC(=O)N[C@H]1CSc2ccc(C(=O)NNC(C)(NC(=O)OC(C)(C)C)C(F)(F)F)cc2N(Cc2ccc(Cl)cc2)C1=O. The van der Waals surface area contributed by atoms with Crippen molar-refractivity contribution in [1.82, 2.24) is 21.5 Å². The fraction of sp³-hybridized carbons (Fsp3) is 0.467. The molecule has 0 bridgehead atoms. The lowest BCUT2D eigenvalue weighted by Gasteiger charge is -2.34. The van der Waals surface area contributed by atoms with E-state index in [-0.39, 0.29) is 23.5 Å². The first-order valence-electron chi connectivity index (χ1n) is 14.0. The van der Waals surface area contributed by atoms with Crippen molar-refractivity contribution >= 4 is 53.1 Å². The van der Waals surface area contributed by atoms with Crippen molar-refractivity contribution in [3.63, 3.8) is 0 Å². The first kappa shape index (κ1) is 36.8. The molecule has 16 heteroatoms. The van der Waals surface area contributed by atoms with Gasteiger partial charge in [0.05, 0.1) is 12.2 Å². The Morgan fingerprint density at radius 2 is 1.52 bits per heavy atom. The number of rotatable bonds is 7. The number of fused-ring (bicyclic) bond motifs is 1. The van der Waals surface area contributed by atoms with E-state index < -0.39 is 53.1 Å². The van der Waals surface area contributed by atoms with Crippen molar-refractivity contribution in [3.8, 4) is 0 Å². The molecule has 0 saturated heterocycles. The van der Waals surface area contributed by atoms with E-state index in [9.17, 15) is 32.3 Å². The molecule has 3 rings (SSSR count). The minimum Gasteiger partial charge on any atom is -0.444 e. The van der Waals surface area contributed by atoms with Crippen molar-refractivity contribution in [2.45, 2.75) is 89.0 Å². The number of ether oxygens (including phenoxy) is 2. The molecule has 0 fully saturated rings. The number of alkyl carbamates (subject to hydrolysis) is 2.